The fourth-order valence-electron chi connectivity index (χ4n) is 2.53. The smallest absolute Gasteiger partial charge is 0.0444 e. The first-order chi connectivity index (χ1) is 9.24. The molecule has 0 bridgehead atoms. The number of rotatable bonds is 0. The monoisotopic (exact) mass is 438 g/mol. The fraction of sp³-hybridized carbons (Fsp3) is 0. The van der Waals surface area contributed by atoms with Crippen LogP contribution in [0.25, 0.3) is 30.9 Å². The quantitative estimate of drug-likeness (QED) is 0.272. The van der Waals surface area contributed by atoms with Crippen LogP contribution in [0, 0.1) is 3.57 Å². The van der Waals surface area contributed by atoms with E-state index in [0.717, 1.165) is 4.47 Å². The Morgan fingerprint density at radius 1 is 0.947 bits per heavy atom. The van der Waals surface area contributed by atoms with E-state index in [0.29, 0.717) is 0 Å². The van der Waals surface area contributed by atoms with E-state index < -0.39 is 0 Å². The second-order valence-electron chi connectivity index (χ2n) is 4.53. The van der Waals surface area contributed by atoms with E-state index in [-0.39, 0.29) is 0 Å². The molecule has 0 aliphatic rings. The average molecular weight is 439 g/mol. The van der Waals surface area contributed by atoms with Crippen LogP contribution in [0.15, 0.2) is 53.0 Å². The van der Waals surface area contributed by atoms with Gasteiger partial charge in [0, 0.05) is 28.2 Å². The summed E-state index contributed by atoms with van der Waals surface area (Å²) in [6.45, 7) is 0. The number of hydrogen-bond donors (Lipinski definition) is 0. The first kappa shape index (κ1) is 12.1. The third-order valence-electron chi connectivity index (χ3n) is 3.38. The van der Waals surface area contributed by atoms with Gasteiger partial charge >= 0.3 is 0 Å². The summed E-state index contributed by atoms with van der Waals surface area (Å²) < 4.78 is 5.22. The molecule has 0 atom stereocenters. The second-order valence-corrected chi connectivity index (χ2v) is 7.66. The SMILES string of the molecule is Brc1ccc2sc3c4ccccc4cc(I)c3c2c1. The molecule has 3 aromatic carbocycles. The molecule has 4 aromatic rings. The van der Waals surface area contributed by atoms with Crippen molar-refractivity contribution in [2.24, 2.45) is 0 Å². The van der Waals surface area contributed by atoms with Crippen molar-refractivity contribution in [2.45, 2.75) is 0 Å². The van der Waals surface area contributed by atoms with Crippen LogP contribution < -0.4 is 0 Å². The summed E-state index contributed by atoms with van der Waals surface area (Å²) in [5.41, 5.74) is 0. The molecule has 0 spiro atoms. The maximum atomic E-state index is 3.58. The third kappa shape index (κ3) is 1.82. The Hall–Kier alpha value is -0.650. The molecular weight excluding hydrogens is 431 g/mol. The summed E-state index contributed by atoms with van der Waals surface area (Å²) in [5, 5.41) is 5.42. The van der Waals surface area contributed by atoms with E-state index >= 15 is 0 Å². The van der Waals surface area contributed by atoms with Crippen molar-refractivity contribution >= 4 is 80.8 Å². The Morgan fingerprint density at radius 3 is 2.68 bits per heavy atom. The maximum absolute atomic E-state index is 3.58. The molecule has 0 fully saturated rings. The minimum Gasteiger partial charge on any atom is -0.134 e. The minimum absolute atomic E-state index is 1.14. The molecular formula is C16H8BrIS. The van der Waals surface area contributed by atoms with E-state index in [4.69, 9.17) is 0 Å². The highest BCUT2D eigenvalue weighted by Crippen LogP contribution is 2.41. The van der Waals surface area contributed by atoms with Gasteiger partial charge in [-0.25, -0.2) is 0 Å². The van der Waals surface area contributed by atoms with Gasteiger partial charge in [-0.1, -0.05) is 40.2 Å². The molecule has 3 heteroatoms. The molecule has 19 heavy (non-hydrogen) atoms. The third-order valence-corrected chi connectivity index (χ3v) is 5.92. The van der Waals surface area contributed by atoms with Crippen molar-refractivity contribution in [1.82, 2.24) is 0 Å². The minimum atomic E-state index is 1.14. The number of benzene rings is 3. The van der Waals surface area contributed by atoms with Crippen LogP contribution in [0.1, 0.15) is 0 Å². The average Bonchev–Trinajstić information content (AvgIpc) is 2.78. The van der Waals surface area contributed by atoms with Crippen LogP contribution in [0.2, 0.25) is 0 Å². The Kier molecular flexibility index (Phi) is 2.83. The molecule has 4 rings (SSSR count). The lowest BCUT2D eigenvalue weighted by Gasteiger charge is -2.02. The van der Waals surface area contributed by atoms with Crippen molar-refractivity contribution in [1.29, 1.82) is 0 Å². The molecule has 0 radical (unpaired) electrons. The van der Waals surface area contributed by atoms with Gasteiger partial charge in [-0.05, 0) is 57.6 Å². The molecule has 0 amide bonds. The lowest BCUT2D eigenvalue weighted by molar-refractivity contribution is 1.76. The first-order valence-corrected chi connectivity index (χ1v) is 8.62. The fourth-order valence-corrected chi connectivity index (χ4v) is 5.22. The van der Waals surface area contributed by atoms with Crippen molar-refractivity contribution in [3.8, 4) is 0 Å². The van der Waals surface area contributed by atoms with Crippen molar-refractivity contribution < 1.29 is 0 Å². The molecule has 0 saturated carbocycles. The highest BCUT2D eigenvalue weighted by Gasteiger charge is 2.11. The van der Waals surface area contributed by atoms with Crippen LogP contribution in [-0.4, -0.2) is 0 Å². The van der Waals surface area contributed by atoms with E-state index in [2.05, 4.69) is 87.1 Å². The molecule has 0 aliphatic carbocycles. The van der Waals surface area contributed by atoms with Crippen LogP contribution >= 0.6 is 49.9 Å². The molecule has 1 aromatic heterocycles. The van der Waals surface area contributed by atoms with Gasteiger partial charge in [0.2, 0.25) is 0 Å². The Bertz CT molecular complexity index is 940. The predicted octanol–water partition coefficient (Wildman–Crippen LogP) is 6.57. The number of thiophene rings is 1. The van der Waals surface area contributed by atoms with Gasteiger partial charge in [0.25, 0.3) is 0 Å². The van der Waals surface area contributed by atoms with Crippen LogP contribution in [-0.2, 0) is 0 Å². The van der Waals surface area contributed by atoms with E-state index in [9.17, 15) is 0 Å². The lowest BCUT2D eigenvalue weighted by atomic mass is 10.1. The first-order valence-electron chi connectivity index (χ1n) is 5.93. The zero-order valence-corrected chi connectivity index (χ0v) is 14.3. The van der Waals surface area contributed by atoms with Crippen LogP contribution in [0.3, 0.4) is 0 Å². The number of halogens is 2. The Labute approximate surface area is 136 Å². The summed E-state index contributed by atoms with van der Waals surface area (Å²) in [5.74, 6) is 0. The van der Waals surface area contributed by atoms with Crippen LogP contribution in [0.5, 0.6) is 0 Å². The molecule has 0 nitrogen and oxygen atoms in total. The summed E-state index contributed by atoms with van der Waals surface area (Å²) in [6.07, 6.45) is 0. The lowest BCUT2D eigenvalue weighted by Crippen LogP contribution is -1.78. The molecule has 0 saturated heterocycles. The topological polar surface area (TPSA) is 0 Å². The normalized spacial score (nSPS) is 11.7. The molecule has 1 heterocycles. The van der Waals surface area contributed by atoms with Gasteiger partial charge in [-0.2, -0.15) is 0 Å². The number of fused-ring (bicyclic) bond motifs is 5. The molecule has 0 unspecified atom stereocenters. The van der Waals surface area contributed by atoms with Crippen molar-refractivity contribution in [3.05, 3.63) is 56.6 Å². The van der Waals surface area contributed by atoms with Gasteiger partial charge in [-0.15, -0.1) is 11.3 Å². The second kappa shape index (κ2) is 4.43. The van der Waals surface area contributed by atoms with E-state index in [1.807, 2.05) is 11.3 Å². The predicted molar refractivity (Wildman–Crippen MR) is 97.3 cm³/mol. The summed E-state index contributed by atoms with van der Waals surface area (Å²) in [7, 11) is 0. The van der Waals surface area contributed by atoms with Crippen molar-refractivity contribution in [2.75, 3.05) is 0 Å². The van der Waals surface area contributed by atoms with Gasteiger partial charge in [0.05, 0.1) is 0 Å². The standard InChI is InChI=1S/C16H8BrIS/c17-10-5-6-14-12(8-10)15-13(18)7-9-3-1-2-4-11(9)16(15)19-14/h1-8H. The van der Waals surface area contributed by atoms with Gasteiger partial charge in [0.1, 0.15) is 0 Å². The Morgan fingerprint density at radius 2 is 1.79 bits per heavy atom. The van der Waals surface area contributed by atoms with E-state index in [1.165, 1.54) is 34.5 Å². The van der Waals surface area contributed by atoms with Crippen LogP contribution in [0.4, 0.5) is 0 Å². The highest BCUT2D eigenvalue weighted by molar-refractivity contribution is 14.1. The van der Waals surface area contributed by atoms with Crippen molar-refractivity contribution in [3.63, 3.8) is 0 Å². The zero-order chi connectivity index (χ0) is 13.0. The van der Waals surface area contributed by atoms with Gasteiger partial charge < -0.3 is 0 Å². The number of hydrogen-bond acceptors (Lipinski definition) is 1. The van der Waals surface area contributed by atoms with Gasteiger partial charge in [0.15, 0.2) is 0 Å². The Balaban J connectivity index is 2.34. The van der Waals surface area contributed by atoms with Gasteiger partial charge in [-0.3, -0.25) is 0 Å². The largest absolute Gasteiger partial charge is 0.134 e. The molecule has 0 aliphatic heterocycles. The summed E-state index contributed by atoms with van der Waals surface area (Å²) in [4.78, 5) is 0. The molecule has 0 N–H and O–H groups in total. The summed E-state index contributed by atoms with van der Waals surface area (Å²) in [6, 6.07) is 17.5. The van der Waals surface area contributed by atoms with E-state index in [1.54, 1.807) is 0 Å². The zero-order valence-electron chi connectivity index (χ0n) is 9.78. The summed E-state index contributed by atoms with van der Waals surface area (Å²) >= 11 is 7.92. The highest BCUT2D eigenvalue weighted by atomic mass is 127. The maximum Gasteiger partial charge on any atom is 0.0444 e. The molecule has 92 valence electrons.